The van der Waals surface area contributed by atoms with Crippen LogP contribution in [0.3, 0.4) is 0 Å². The fraction of sp³-hybridized carbons (Fsp3) is 0.583. The number of H-pyrrole nitrogens is 1. The molecule has 0 aliphatic carbocycles. The highest BCUT2D eigenvalue weighted by atomic mass is 16.4. The number of urea groups is 1. The Balaban J connectivity index is 2.63. The van der Waals surface area contributed by atoms with Crippen LogP contribution in [-0.2, 0) is 11.2 Å². The van der Waals surface area contributed by atoms with E-state index in [2.05, 4.69) is 15.3 Å². The van der Waals surface area contributed by atoms with Gasteiger partial charge in [-0.1, -0.05) is 6.92 Å². The summed E-state index contributed by atoms with van der Waals surface area (Å²) >= 11 is 0. The van der Waals surface area contributed by atoms with Crippen molar-refractivity contribution >= 4 is 12.0 Å². The Morgan fingerprint density at radius 1 is 1.58 bits per heavy atom. The number of carbonyl (C=O) groups is 2. The van der Waals surface area contributed by atoms with E-state index in [0.717, 1.165) is 6.42 Å². The molecule has 2 amide bonds. The van der Waals surface area contributed by atoms with E-state index in [1.54, 1.807) is 13.2 Å². The third kappa shape index (κ3) is 4.27. The molecular formula is C12H20N4O3. The average molecular weight is 268 g/mol. The molecule has 0 aromatic carbocycles. The van der Waals surface area contributed by atoms with Gasteiger partial charge in [-0.15, -0.1) is 0 Å². The van der Waals surface area contributed by atoms with Crippen LogP contribution < -0.4 is 5.32 Å². The van der Waals surface area contributed by atoms with Gasteiger partial charge in [-0.2, -0.15) is 0 Å². The van der Waals surface area contributed by atoms with Crippen molar-refractivity contribution in [1.29, 1.82) is 0 Å². The van der Waals surface area contributed by atoms with Crippen molar-refractivity contribution in [3.8, 4) is 0 Å². The van der Waals surface area contributed by atoms with Crippen LogP contribution in [0.1, 0.15) is 26.0 Å². The maximum atomic E-state index is 11.9. The summed E-state index contributed by atoms with van der Waals surface area (Å²) in [6, 6.07) is -1.30. The molecule has 0 bridgehead atoms. The molecule has 3 N–H and O–H groups in total. The largest absolute Gasteiger partial charge is 0.480 e. The number of aliphatic carboxylic acids is 1. The highest BCUT2D eigenvalue weighted by Crippen LogP contribution is 2.03. The van der Waals surface area contributed by atoms with Gasteiger partial charge in [0, 0.05) is 31.4 Å². The zero-order valence-electron chi connectivity index (χ0n) is 11.4. The summed E-state index contributed by atoms with van der Waals surface area (Å²) in [6.45, 7) is 3.87. The number of carboxylic acids is 1. The molecule has 0 saturated carbocycles. The first kappa shape index (κ1) is 15.0. The summed E-state index contributed by atoms with van der Waals surface area (Å²) in [4.78, 5) is 31.2. The number of nitrogens with one attached hydrogen (secondary N) is 2. The van der Waals surface area contributed by atoms with Crippen molar-refractivity contribution in [3.05, 3.63) is 18.2 Å². The Morgan fingerprint density at radius 2 is 2.26 bits per heavy atom. The van der Waals surface area contributed by atoms with Crippen LogP contribution in [0.5, 0.6) is 0 Å². The molecular weight excluding hydrogens is 248 g/mol. The van der Waals surface area contributed by atoms with Gasteiger partial charge in [0.2, 0.25) is 0 Å². The summed E-state index contributed by atoms with van der Waals surface area (Å²) < 4.78 is 0. The molecule has 2 unspecified atom stereocenters. The minimum absolute atomic E-state index is 0.0570. The molecule has 1 aromatic rings. The molecule has 0 fully saturated rings. The van der Waals surface area contributed by atoms with Gasteiger partial charge in [0.25, 0.3) is 0 Å². The summed E-state index contributed by atoms with van der Waals surface area (Å²) in [5.41, 5.74) is 0.666. The van der Waals surface area contributed by atoms with Crippen LogP contribution in [0, 0.1) is 0 Å². The van der Waals surface area contributed by atoms with Gasteiger partial charge < -0.3 is 20.3 Å². The van der Waals surface area contributed by atoms with Crippen molar-refractivity contribution in [2.24, 2.45) is 0 Å². The van der Waals surface area contributed by atoms with Gasteiger partial charge in [0.1, 0.15) is 6.04 Å². The average Bonchev–Trinajstić information content (AvgIpc) is 2.88. The Kier molecular flexibility index (Phi) is 5.35. The predicted molar refractivity (Wildman–Crippen MR) is 69.8 cm³/mol. The van der Waals surface area contributed by atoms with E-state index in [1.165, 1.54) is 11.2 Å². The normalized spacial score (nSPS) is 13.6. The first-order chi connectivity index (χ1) is 8.95. The molecule has 0 saturated heterocycles. The number of aromatic amines is 1. The first-order valence-corrected chi connectivity index (χ1v) is 6.19. The van der Waals surface area contributed by atoms with Crippen molar-refractivity contribution in [1.82, 2.24) is 20.2 Å². The second-order valence-corrected chi connectivity index (χ2v) is 4.49. The Hall–Kier alpha value is -2.05. The van der Waals surface area contributed by atoms with E-state index >= 15 is 0 Å². The third-order valence-electron chi connectivity index (χ3n) is 3.15. The number of nitrogens with zero attached hydrogens (tertiary/aromatic N) is 2. The number of hydrogen-bond acceptors (Lipinski definition) is 3. The SMILES string of the molecule is CCC(C)N(C)C(=O)NC(Cc1cnc[nH]1)C(=O)O. The third-order valence-corrected chi connectivity index (χ3v) is 3.15. The summed E-state index contributed by atoms with van der Waals surface area (Å²) in [5.74, 6) is -1.07. The molecule has 0 aliphatic rings. The molecule has 1 rings (SSSR count). The van der Waals surface area contributed by atoms with E-state index in [1.807, 2.05) is 13.8 Å². The predicted octanol–water partition coefficient (Wildman–Crippen LogP) is 0.845. The van der Waals surface area contributed by atoms with Gasteiger partial charge in [0.15, 0.2) is 0 Å². The molecule has 106 valence electrons. The Bertz CT molecular complexity index is 419. The van der Waals surface area contributed by atoms with E-state index in [-0.39, 0.29) is 18.5 Å². The first-order valence-electron chi connectivity index (χ1n) is 6.19. The van der Waals surface area contributed by atoms with Crippen molar-refractivity contribution in [2.75, 3.05) is 7.05 Å². The lowest BCUT2D eigenvalue weighted by Gasteiger charge is -2.26. The fourth-order valence-electron chi connectivity index (χ4n) is 1.54. The van der Waals surface area contributed by atoms with Crippen molar-refractivity contribution < 1.29 is 14.7 Å². The maximum absolute atomic E-state index is 11.9. The highest BCUT2D eigenvalue weighted by molar-refractivity contribution is 5.82. The lowest BCUT2D eigenvalue weighted by Crippen LogP contribution is -2.49. The number of imidazole rings is 1. The van der Waals surface area contributed by atoms with Crippen molar-refractivity contribution in [3.63, 3.8) is 0 Å². The molecule has 0 radical (unpaired) electrons. The highest BCUT2D eigenvalue weighted by Gasteiger charge is 2.23. The number of aromatic nitrogens is 2. The molecule has 0 spiro atoms. The van der Waals surface area contributed by atoms with Crippen LogP contribution in [0.2, 0.25) is 0 Å². The summed E-state index contributed by atoms with van der Waals surface area (Å²) in [5, 5.41) is 11.6. The second kappa shape index (κ2) is 6.77. The lowest BCUT2D eigenvalue weighted by atomic mass is 10.1. The van der Waals surface area contributed by atoms with E-state index < -0.39 is 12.0 Å². The molecule has 0 aliphatic heterocycles. The van der Waals surface area contributed by atoms with Crippen molar-refractivity contribution in [2.45, 2.75) is 38.8 Å². The van der Waals surface area contributed by atoms with Crippen LogP contribution in [0.25, 0.3) is 0 Å². The van der Waals surface area contributed by atoms with Crippen LogP contribution >= 0.6 is 0 Å². The Morgan fingerprint density at radius 3 is 2.74 bits per heavy atom. The van der Waals surface area contributed by atoms with Gasteiger partial charge in [-0.25, -0.2) is 14.6 Å². The Labute approximate surface area is 112 Å². The maximum Gasteiger partial charge on any atom is 0.326 e. The van der Waals surface area contributed by atoms with Gasteiger partial charge in [0.05, 0.1) is 6.33 Å². The summed E-state index contributed by atoms with van der Waals surface area (Å²) in [7, 11) is 1.65. The molecule has 7 heteroatoms. The topological polar surface area (TPSA) is 98.3 Å². The van der Waals surface area contributed by atoms with Gasteiger partial charge >= 0.3 is 12.0 Å². The second-order valence-electron chi connectivity index (χ2n) is 4.49. The zero-order chi connectivity index (χ0) is 14.4. The minimum Gasteiger partial charge on any atom is -0.480 e. The molecule has 1 heterocycles. The number of carboxylic acid groups (broad SMARTS) is 1. The monoisotopic (exact) mass is 268 g/mol. The van der Waals surface area contributed by atoms with E-state index in [0.29, 0.717) is 5.69 Å². The number of rotatable bonds is 6. The number of hydrogen-bond donors (Lipinski definition) is 3. The van der Waals surface area contributed by atoms with E-state index in [9.17, 15) is 9.59 Å². The quantitative estimate of drug-likeness (QED) is 0.712. The summed E-state index contributed by atoms with van der Waals surface area (Å²) in [6.07, 6.45) is 4.00. The van der Waals surface area contributed by atoms with Crippen LogP contribution in [0.4, 0.5) is 4.79 Å². The standard InChI is InChI=1S/C12H20N4O3/c1-4-8(2)16(3)12(19)15-10(11(17)18)5-9-6-13-7-14-9/h6-8,10H,4-5H2,1-3H3,(H,13,14)(H,15,19)(H,17,18). The number of carbonyl (C=O) groups excluding carboxylic acids is 1. The molecule has 19 heavy (non-hydrogen) atoms. The molecule has 1 aromatic heterocycles. The van der Waals surface area contributed by atoms with Gasteiger partial charge in [-0.3, -0.25) is 0 Å². The smallest absolute Gasteiger partial charge is 0.326 e. The molecule has 7 nitrogen and oxygen atoms in total. The lowest BCUT2D eigenvalue weighted by molar-refractivity contribution is -0.139. The van der Waals surface area contributed by atoms with Crippen LogP contribution in [-0.4, -0.2) is 51.1 Å². The van der Waals surface area contributed by atoms with E-state index in [4.69, 9.17) is 5.11 Å². The van der Waals surface area contributed by atoms with Gasteiger partial charge in [-0.05, 0) is 13.3 Å². The molecule has 2 atom stereocenters. The fourth-order valence-corrected chi connectivity index (χ4v) is 1.54. The van der Waals surface area contributed by atoms with Crippen LogP contribution in [0.15, 0.2) is 12.5 Å². The minimum atomic E-state index is -1.07. The number of amides is 2. The zero-order valence-corrected chi connectivity index (χ0v) is 11.4.